The van der Waals surface area contributed by atoms with E-state index in [9.17, 15) is 4.79 Å². The Morgan fingerprint density at radius 3 is 2.81 bits per heavy atom. The topological polar surface area (TPSA) is 74.5 Å². The highest BCUT2D eigenvalue weighted by Crippen LogP contribution is 2.23. The quantitative estimate of drug-likeness (QED) is 0.846. The van der Waals surface area contributed by atoms with Gasteiger partial charge in [-0.05, 0) is 19.4 Å². The SMILES string of the molecule is CCc1nc(N)sc1C(=O)N1CCN([C@@H]2CCNC2)CC1. The average molecular weight is 309 g/mol. The molecule has 3 N–H and O–H groups in total. The highest BCUT2D eigenvalue weighted by molar-refractivity contribution is 7.17. The van der Waals surface area contributed by atoms with E-state index in [1.165, 1.54) is 17.8 Å². The van der Waals surface area contributed by atoms with Crippen molar-refractivity contribution in [1.82, 2.24) is 20.1 Å². The predicted molar refractivity (Wildman–Crippen MR) is 84.7 cm³/mol. The Hall–Kier alpha value is -1.18. The van der Waals surface area contributed by atoms with Gasteiger partial charge < -0.3 is 16.0 Å². The van der Waals surface area contributed by atoms with E-state index in [1.54, 1.807) is 0 Å². The van der Waals surface area contributed by atoms with E-state index in [1.807, 2.05) is 11.8 Å². The number of aromatic nitrogens is 1. The van der Waals surface area contributed by atoms with Crippen molar-refractivity contribution >= 4 is 22.4 Å². The predicted octanol–water partition coefficient (Wildman–Crippen LogP) is 0.407. The summed E-state index contributed by atoms with van der Waals surface area (Å²) in [6.45, 7) is 7.74. The van der Waals surface area contributed by atoms with Crippen LogP contribution < -0.4 is 11.1 Å². The second kappa shape index (κ2) is 6.29. The van der Waals surface area contributed by atoms with Crippen LogP contribution in [0.1, 0.15) is 28.7 Å². The molecule has 1 aromatic rings. The number of anilines is 1. The van der Waals surface area contributed by atoms with Gasteiger partial charge in [0.2, 0.25) is 0 Å². The van der Waals surface area contributed by atoms with Gasteiger partial charge >= 0.3 is 0 Å². The summed E-state index contributed by atoms with van der Waals surface area (Å²) >= 11 is 1.32. The molecule has 0 spiro atoms. The summed E-state index contributed by atoms with van der Waals surface area (Å²) in [5.41, 5.74) is 6.59. The van der Waals surface area contributed by atoms with E-state index in [2.05, 4.69) is 15.2 Å². The minimum absolute atomic E-state index is 0.102. The molecular formula is C14H23N5OS. The first-order valence-electron chi connectivity index (χ1n) is 7.68. The number of piperazine rings is 1. The molecule has 21 heavy (non-hydrogen) atoms. The molecule has 2 saturated heterocycles. The number of hydrogen-bond donors (Lipinski definition) is 2. The molecule has 0 unspecified atom stereocenters. The number of amides is 1. The van der Waals surface area contributed by atoms with E-state index in [4.69, 9.17) is 5.73 Å². The number of aryl methyl sites for hydroxylation is 1. The number of nitrogen functional groups attached to an aromatic ring is 1. The molecule has 0 bridgehead atoms. The number of thiazole rings is 1. The first kappa shape index (κ1) is 14.7. The van der Waals surface area contributed by atoms with Crippen molar-refractivity contribution in [1.29, 1.82) is 0 Å². The van der Waals surface area contributed by atoms with Crippen LogP contribution in [0, 0.1) is 0 Å². The van der Waals surface area contributed by atoms with Gasteiger partial charge in [0.05, 0.1) is 5.69 Å². The van der Waals surface area contributed by atoms with Gasteiger partial charge in [-0.1, -0.05) is 18.3 Å². The van der Waals surface area contributed by atoms with E-state index in [0.29, 0.717) is 11.2 Å². The van der Waals surface area contributed by atoms with Crippen LogP contribution in [-0.2, 0) is 6.42 Å². The molecule has 2 aliphatic rings. The van der Waals surface area contributed by atoms with Gasteiger partial charge in [-0.3, -0.25) is 9.69 Å². The number of rotatable bonds is 3. The third-order valence-corrected chi connectivity index (χ3v) is 5.31. The Labute approximate surface area is 129 Å². The molecule has 0 radical (unpaired) electrons. The fourth-order valence-corrected chi connectivity index (χ4v) is 4.05. The lowest BCUT2D eigenvalue weighted by Crippen LogP contribution is -2.52. The largest absolute Gasteiger partial charge is 0.375 e. The first-order chi connectivity index (χ1) is 10.2. The fraction of sp³-hybridized carbons (Fsp3) is 0.714. The maximum atomic E-state index is 12.6. The normalized spacial score (nSPS) is 23.7. The minimum atomic E-state index is 0.102. The number of nitrogens with one attached hydrogen (secondary N) is 1. The molecule has 6 nitrogen and oxygen atoms in total. The second-order valence-electron chi connectivity index (χ2n) is 5.66. The lowest BCUT2D eigenvalue weighted by Gasteiger charge is -2.37. The Kier molecular flexibility index (Phi) is 4.42. The van der Waals surface area contributed by atoms with Crippen molar-refractivity contribution in [2.75, 3.05) is 45.0 Å². The Bertz CT molecular complexity index is 503. The van der Waals surface area contributed by atoms with Crippen LogP contribution in [0.4, 0.5) is 5.13 Å². The number of carbonyl (C=O) groups is 1. The van der Waals surface area contributed by atoms with E-state index < -0.39 is 0 Å². The maximum absolute atomic E-state index is 12.6. The van der Waals surface area contributed by atoms with Crippen molar-refractivity contribution in [2.45, 2.75) is 25.8 Å². The average Bonchev–Trinajstić information content (AvgIpc) is 3.16. The van der Waals surface area contributed by atoms with Crippen LogP contribution in [0.15, 0.2) is 0 Å². The van der Waals surface area contributed by atoms with Crippen LogP contribution in [0.2, 0.25) is 0 Å². The Morgan fingerprint density at radius 2 is 2.19 bits per heavy atom. The van der Waals surface area contributed by atoms with Crippen LogP contribution >= 0.6 is 11.3 Å². The molecule has 1 amide bonds. The summed E-state index contributed by atoms with van der Waals surface area (Å²) < 4.78 is 0. The van der Waals surface area contributed by atoms with Gasteiger partial charge in [-0.2, -0.15) is 0 Å². The number of nitrogens with two attached hydrogens (primary N) is 1. The summed E-state index contributed by atoms with van der Waals surface area (Å²) in [7, 11) is 0. The maximum Gasteiger partial charge on any atom is 0.266 e. The number of nitrogens with zero attached hydrogens (tertiary/aromatic N) is 3. The fourth-order valence-electron chi connectivity index (χ4n) is 3.16. The summed E-state index contributed by atoms with van der Waals surface area (Å²) in [5.74, 6) is 0.102. The lowest BCUT2D eigenvalue weighted by atomic mass is 10.2. The zero-order valence-electron chi connectivity index (χ0n) is 12.5. The van der Waals surface area contributed by atoms with Gasteiger partial charge in [0.1, 0.15) is 4.88 Å². The standard InChI is InChI=1S/C14H23N5OS/c1-2-11-12(21-14(15)17-11)13(20)19-7-5-18(6-8-19)10-3-4-16-9-10/h10,16H,2-9H2,1H3,(H2,15,17)/t10-/m1/s1. The second-order valence-corrected chi connectivity index (χ2v) is 6.69. The molecule has 0 aromatic carbocycles. The molecule has 3 rings (SSSR count). The monoisotopic (exact) mass is 309 g/mol. The minimum Gasteiger partial charge on any atom is -0.375 e. The Morgan fingerprint density at radius 1 is 1.43 bits per heavy atom. The highest BCUT2D eigenvalue weighted by Gasteiger charge is 2.29. The first-order valence-corrected chi connectivity index (χ1v) is 8.50. The third kappa shape index (κ3) is 3.04. The highest BCUT2D eigenvalue weighted by atomic mass is 32.1. The molecule has 3 heterocycles. The van der Waals surface area contributed by atoms with Crippen LogP contribution in [0.5, 0.6) is 0 Å². The molecule has 116 valence electrons. The molecular weight excluding hydrogens is 286 g/mol. The zero-order chi connectivity index (χ0) is 14.8. The van der Waals surface area contributed by atoms with Crippen molar-refractivity contribution in [3.8, 4) is 0 Å². The van der Waals surface area contributed by atoms with E-state index in [-0.39, 0.29) is 5.91 Å². The number of carbonyl (C=O) groups excluding carboxylic acids is 1. The van der Waals surface area contributed by atoms with Crippen molar-refractivity contribution in [3.63, 3.8) is 0 Å². The van der Waals surface area contributed by atoms with Crippen molar-refractivity contribution < 1.29 is 4.79 Å². The summed E-state index contributed by atoms with van der Waals surface area (Å²) in [5, 5.41) is 3.90. The third-order valence-electron chi connectivity index (χ3n) is 4.40. The molecule has 2 aliphatic heterocycles. The van der Waals surface area contributed by atoms with Crippen LogP contribution in [0.25, 0.3) is 0 Å². The molecule has 0 aliphatic carbocycles. The van der Waals surface area contributed by atoms with Gasteiger partial charge in [0, 0.05) is 38.8 Å². The van der Waals surface area contributed by atoms with Crippen molar-refractivity contribution in [3.05, 3.63) is 10.6 Å². The molecule has 0 saturated carbocycles. The van der Waals surface area contributed by atoms with Crippen LogP contribution in [-0.4, -0.2) is 66.0 Å². The van der Waals surface area contributed by atoms with E-state index >= 15 is 0 Å². The van der Waals surface area contributed by atoms with Gasteiger partial charge in [0.15, 0.2) is 5.13 Å². The van der Waals surface area contributed by atoms with Gasteiger partial charge in [0.25, 0.3) is 5.91 Å². The molecule has 1 atom stereocenters. The summed E-state index contributed by atoms with van der Waals surface area (Å²) in [4.78, 5) is 22.1. The zero-order valence-corrected chi connectivity index (χ0v) is 13.3. The lowest BCUT2D eigenvalue weighted by molar-refractivity contribution is 0.0587. The summed E-state index contributed by atoms with van der Waals surface area (Å²) in [6.07, 6.45) is 1.97. The van der Waals surface area contributed by atoms with Gasteiger partial charge in [-0.25, -0.2) is 4.98 Å². The number of hydrogen-bond acceptors (Lipinski definition) is 6. The molecule has 7 heteroatoms. The molecule has 2 fully saturated rings. The van der Waals surface area contributed by atoms with Crippen LogP contribution in [0.3, 0.4) is 0 Å². The van der Waals surface area contributed by atoms with E-state index in [0.717, 1.165) is 56.3 Å². The van der Waals surface area contributed by atoms with Gasteiger partial charge in [-0.15, -0.1) is 0 Å². The molecule has 1 aromatic heterocycles. The summed E-state index contributed by atoms with van der Waals surface area (Å²) in [6, 6.07) is 0.646. The Balaban J connectivity index is 1.62. The smallest absolute Gasteiger partial charge is 0.266 e. The van der Waals surface area contributed by atoms with Crippen molar-refractivity contribution in [2.24, 2.45) is 0 Å².